The van der Waals surface area contributed by atoms with Crippen molar-refractivity contribution in [1.82, 2.24) is 0 Å². The Morgan fingerprint density at radius 2 is 1.55 bits per heavy atom. The molecule has 2 aliphatic carbocycles. The second kappa shape index (κ2) is 9.65. The van der Waals surface area contributed by atoms with Crippen LogP contribution in [-0.2, 0) is 21.7 Å². The van der Waals surface area contributed by atoms with Gasteiger partial charge < -0.3 is 22.3 Å². The van der Waals surface area contributed by atoms with Crippen LogP contribution in [0.3, 0.4) is 0 Å². The predicted molar refractivity (Wildman–Crippen MR) is 103 cm³/mol. The maximum atomic E-state index is 3.70. The molecular formula is C20H38SiTi. The van der Waals surface area contributed by atoms with Crippen molar-refractivity contribution in [2.45, 2.75) is 77.6 Å². The zero-order valence-corrected chi connectivity index (χ0v) is 19.2. The first kappa shape index (κ1) is 27.3. The van der Waals surface area contributed by atoms with Crippen LogP contribution in [0.2, 0.25) is 24.2 Å². The third-order valence-corrected chi connectivity index (χ3v) is 11.0. The minimum atomic E-state index is -1.18. The van der Waals surface area contributed by atoms with Gasteiger partial charge in [0, 0.05) is 0 Å². The van der Waals surface area contributed by atoms with E-state index in [2.05, 4.69) is 46.9 Å². The van der Waals surface area contributed by atoms with E-state index >= 15 is 0 Å². The van der Waals surface area contributed by atoms with Crippen LogP contribution in [0.15, 0.2) is 16.7 Å². The number of allylic oxidation sites excluding steroid dienone is 4. The first-order valence-corrected chi connectivity index (χ1v) is 10.8. The standard InChI is InChI=1S/C17H29Si.3CH3.Ti/c1-13-11-14-9-7-8-10-15(14)16(13)12-18(5,6)17(2,3)4;;;;/h16H,7-10,12H2,1-6H3;3*1H3;/q4*-1;+4. The van der Waals surface area contributed by atoms with Crippen LogP contribution in [0.1, 0.15) is 53.4 Å². The van der Waals surface area contributed by atoms with Crippen molar-refractivity contribution in [1.29, 1.82) is 0 Å². The maximum Gasteiger partial charge on any atom is 4.00 e. The Kier molecular flexibility index (Phi) is 12.0. The van der Waals surface area contributed by atoms with E-state index in [0.29, 0.717) is 5.04 Å². The summed E-state index contributed by atoms with van der Waals surface area (Å²) in [5.74, 6) is 0.751. The Hall–Kier alpha value is 0.411. The Labute approximate surface area is 158 Å². The average Bonchev–Trinajstić information content (AvgIpc) is 2.54. The zero-order chi connectivity index (χ0) is 13.6. The molecule has 0 heterocycles. The summed E-state index contributed by atoms with van der Waals surface area (Å²) in [5.41, 5.74) is 4.89. The van der Waals surface area contributed by atoms with Gasteiger partial charge in [-0.2, -0.15) is 5.57 Å². The smallest absolute Gasteiger partial charge is 0.358 e. The van der Waals surface area contributed by atoms with Crippen molar-refractivity contribution in [2.24, 2.45) is 5.92 Å². The summed E-state index contributed by atoms with van der Waals surface area (Å²) >= 11 is 0. The van der Waals surface area contributed by atoms with Crippen molar-refractivity contribution in [3.63, 3.8) is 0 Å². The van der Waals surface area contributed by atoms with Crippen LogP contribution in [0.25, 0.3) is 0 Å². The molecule has 1 atom stereocenters. The Morgan fingerprint density at radius 3 is 2.05 bits per heavy atom. The van der Waals surface area contributed by atoms with E-state index in [1.54, 1.807) is 11.1 Å². The van der Waals surface area contributed by atoms with Gasteiger partial charge in [0.1, 0.15) is 0 Å². The summed E-state index contributed by atoms with van der Waals surface area (Å²) in [6.45, 7) is 14.8. The van der Waals surface area contributed by atoms with Crippen LogP contribution >= 0.6 is 0 Å². The van der Waals surface area contributed by atoms with E-state index < -0.39 is 8.07 Å². The monoisotopic (exact) mass is 354 g/mol. The molecule has 2 aliphatic rings. The molecule has 0 amide bonds. The molecule has 2 heteroatoms. The second-order valence-electron chi connectivity index (χ2n) is 7.91. The predicted octanol–water partition coefficient (Wildman–Crippen LogP) is 7.09. The Balaban J connectivity index is -0.000000902. The van der Waals surface area contributed by atoms with Gasteiger partial charge in [0.2, 0.25) is 0 Å². The fourth-order valence-electron chi connectivity index (χ4n) is 3.14. The van der Waals surface area contributed by atoms with Crippen LogP contribution in [-0.4, -0.2) is 8.07 Å². The second-order valence-corrected chi connectivity index (χ2v) is 13.6. The summed E-state index contributed by atoms with van der Waals surface area (Å²) in [6.07, 6.45) is 9.12. The van der Waals surface area contributed by atoms with Gasteiger partial charge in [-0.25, -0.2) is 17.2 Å². The van der Waals surface area contributed by atoms with E-state index in [1.165, 1.54) is 37.3 Å². The first-order chi connectivity index (χ1) is 8.22. The fraction of sp³-hybridized carbons (Fsp3) is 0.650. The van der Waals surface area contributed by atoms with Crippen molar-refractivity contribution < 1.29 is 21.7 Å². The van der Waals surface area contributed by atoms with Crippen LogP contribution in [0.4, 0.5) is 0 Å². The molecule has 0 aliphatic heterocycles. The minimum Gasteiger partial charge on any atom is -0.358 e. The van der Waals surface area contributed by atoms with Gasteiger partial charge in [0.15, 0.2) is 0 Å². The molecule has 0 aromatic rings. The molecule has 0 aromatic carbocycles. The van der Waals surface area contributed by atoms with Gasteiger partial charge >= 0.3 is 21.7 Å². The van der Waals surface area contributed by atoms with Gasteiger partial charge in [-0.1, -0.05) is 78.4 Å². The summed E-state index contributed by atoms with van der Waals surface area (Å²) in [7, 11) is -1.18. The zero-order valence-electron chi connectivity index (χ0n) is 16.6. The molecule has 0 fully saturated rings. The first-order valence-electron chi connectivity index (χ1n) is 7.55. The van der Waals surface area contributed by atoms with Crippen molar-refractivity contribution >= 4 is 8.07 Å². The van der Waals surface area contributed by atoms with Crippen molar-refractivity contribution in [2.75, 3.05) is 0 Å². The number of hydrogen-bond donors (Lipinski definition) is 0. The van der Waals surface area contributed by atoms with Crippen molar-refractivity contribution in [3.05, 3.63) is 45.1 Å². The molecule has 0 nitrogen and oxygen atoms in total. The molecule has 0 radical (unpaired) electrons. The van der Waals surface area contributed by atoms with Crippen molar-refractivity contribution in [3.8, 4) is 0 Å². The fourth-order valence-corrected chi connectivity index (χ4v) is 5.32. The van der Waals surface area contributed by atoms with Crippen LogP contribution < -0.4 is 0 Å². The van der Waals surface area contributed by atoms with Gasteiger partial charge in [0.05, 0.1) is 8.07 Å². The van der Waals surface area contributed by atoms with Crippen LogP contribution in [0.5, 0.6) is 0 Å². The molecule has 0 bridgehead atoms. The topological polar surface area (TPSA) is 0 Å². The molecule has 1 unspecified atom stereocenters. The quantitative estimate of drug-likeness (QED) is 0.367. The summed E-state index contributed by atoms with van der Waals surface area (Å²) in [4.78, 5) is 0. The van der Waals surface area contributed by atoms with Gasteiger partial charge in [-0.15, -0.1) is 0 Å². The molecule has 0 saturated carbocycles. The Morgan fingerprint density at radius 1 is 1.05 bits per heavy atom. The minimum absolute atomic E-state index is 0. The van der Waals surface area contributed by atoms with E-state index in [-0.39, 0.29) is 44.0 Å². The SMILES string of the molecule is CC1=[C-]C2=C(CCCC2)C1C[Si](C)(C)C(C)(C)C.[CH3-].[CH3-].[CH3-].[Ti+4]. The normalized spacial score (nSPS) is 20.6. The van der Waals surface area contributed by atoms with E-state index in [9.17, 15) is 0 Å². The Bertz CT molecular complexity index is 396. The molecule has 0 N–H and O–H groups in total. The third-order valence-electron chi connectivity index (χ3n) is 5.55. The molecule has 126 valence electrons. The third kappa shape index (κ3) is 5.50. The summed E-state index contributed by atoms with van der Waals surface area (Å²) in [6, 6.07) is 1.42. The maximum absolute atomic E-state index is 3.70. The molecule has 2 rings (SSSR count). The summed E-state index contributed by atoms with van der Waals surface area (Å²) in [5, 5.41) is 0.505. The largest absolute Gasteiger partial charge is 4.00 e. The average molecular weight is 354 g/mol. The van der Waals surface area contributed by atoms with E-state index in [1.807, 2.05) is 0 Å². The van der Waals surface area contributed by atoms with Gasteiger partial charge in [-0.3, -0.25) is 0 Å². The van der Waals surface area contributed by atoms with Crippen LogP contribution in [0, 0.1) is 34.3 Å². The van der Waals surface area contributed by atoms with Gasteiger partial charge in [0.25, 0.3) is 0 Å². The molecule has 0 saturated heterocycles. The number of hydrogen-bond acceptors (Lipinski definition) is 0. The number of rotatable bonds is 2. The summed E-state index contributed by atoms with van der Waals surface area (Å²) < 4.78 is 0. The van der Waals surface area contributed by atoms with E-state index in [0.717, 1.165) is 5.92 Å². The molecule has 0 spiro atoms. The van der Waals surface area contributed by atoms with E-state index in [4.69, 9.17) is 0 Å². The molecular weight excluding hydrogens is 316 g/mol. The molecule has 22 heavy (non-hydrogen) atoms. The molecule has 0 aromatic heterocycles. The van der Waals surface area contributed by atoms with Gasteiger partial charge in [-0.05, 0) is 5.04 Å².